The molecule has 6 aliphatic rings. The Labute approximate surface area is 158 Å². The Hall–Kier alpha value is -3.23. The lowest BCUT2D eigenvalue weighted by atomic mass is 9.63. The van der Waals surface area contributed by atoms with E-state index in [-0.39, 0.29) is 59.3 Å². The lowest BCUT2D eigenvalue weighted by Crippen LogP contribution is -2.40. The largest absolute Gasteiger partial charge is 0.454 e. The van der Waals surface area contributed by atoms with Gasteiger partial charge >= 0.3 is 0 Å². The molecule has 2 heterocycles. The number of nitro benzene ring substituents is 1. The number of carbonyl (C=O) groups is 2. The lowest BCUT2D eigenvalue weighted by Gasteiger charge is -2.37. The van der Waals surface area contributed by atoms with Gasteiger partial charge in [-0.1, -0.05) is 12.2 Å². The van der Waals surface area contributed by atoms with E-state index in [9.17, 15) is 19.7 Å². The molecule has 7 rings (SSSR count). The molecule has 6 atom stereocenters. The van der Waals surface area contributed by atoms with Crippen molar-refractivity contribution in [1.82, 2.24) is 5.01 Å². The van der Waals surface area contributed by atoms with Gasteiger partial charge in [0.25, 0.3) is 17.5 Å². The number of nitro groups is 1. The van der Waals surface area contributed by atoms with Crippen molar-refractivity contribution in [1.29, 1.82) is 0 Å². The zero-order valence-corrected chi connectivity index (χ0v) is 14.6. The number of benzene rings is 1. The highest BCUT2D eigenvalue weighted by Gasteiger charge is 2.67. The second-order valence-electron chi connectivity index (χ2n) is 7.91. The first-order chi connectivity index (χ1) is 13.5. The average molecular weight is 381 g/mol. The van der Waals surface area contributed by atoms with Crippen LogP contribution in [-0.2, 0) is 9.59 Å². The molecule has 2 amide bonds. The van der Waals surface area contributed by atoms with Crippen LogP contribution in [0, 0.1) is 45.6 Å². The number of hydrogen-bond acceptors (Lipinski definition) is 7. The number of fused-ring (bicyclic) bond motifs is 1. The molecule has 0 aromatic heterocycles. The zero-order valence-electron chi connectivity index (χ0n) is 14.6. The zero-order chi connectivity index (χ0) is 19.2. The van der Waals surface area contributed by atoms with E-state index >= 15 is 0 Å². The normalized spacial score (nSPS) is 36.2. The Morgan fingerprint density at radius 1 is 1.07 bits per heavy atom. The summed E-state index contributed by atoms with van der Waals surface area (Å²) in [6, 6.07) is 2.69. The van der Waals surface area contributed by atoms with E-state index < -0.39 is 4.92 Å². The average Bonchev–Trinajstić information content (AvgIpc) is 3.33. The van der Waals surface area contributed by atoms with Crippen molar-refractivity contribution in [2.75, 3.05) is 6.79 Å². The molecule has 4 aliphatic carbocycles. The van der Waals surface area contributed by atoms with Crippen molar-refractivity contribution in [2.24, 2.45) is 40.6 Å². The van der Waals surface area contributed by atoms with Gasteiger partial charge in [0.05, 0.1) is 34.6 Å². The maximum atomic E-state index is 12.9. The summed E-state index contributed by atoms with van der Waals surface area (Å²) in [5.41, 5.74) is -0.0823. The van der Waals surface area contributed by atoms with Crippen molar-refractivity contribution < 1.29 is 24.0 Å². The number of allylic oxidation sites excluding steroid dienone is 2. The van der Waals surface area contributed by atoms with E-state index in [1.54, 1.807) is 0 Å². The quantitative estimate of drug-likeness (QED) is 0.259. The second kappa shape index (κ2) is 5.18. The van der Waals surface area contributed by atoms with Crippen molar-refractivity contribution in [3.05, 3.63) is 40.0 Å². The molecule has 3 fully saturated rings. The van der Waals surface area contributed by atoms with Crippen LogP contribution in [-0.4, -0.2) is 34.8 Å². The minimum Gasteiger partial charge on any atom is -0.454 e. The summed E-state index contributed by atoms with van der Waals surface area (Å²) >= 11 is 0. The molecule has 1 aromatic rings. The van der Waals surface area contributed by atoms with Crippen molar-refractivity contribution >= 4 is 23.7 Å². The van der Waals surface area contributed by atoms with Crippen LogP contribution in [0.1, 0.15) is 12.0 Å². The van der Waals surface area contributed by atoms with E-state index in [0.717, 1.165) is 11.4 Å². The van der Waals surface area contributed by atoms with Crippen LogP contribution in [0.4, 0.5) is 5.69 Å². The van der Waals surface area contributed by atoms with Gasteiger partial charge < -0.3 is 9.47 Å². The smallest absolute Gasteiger partial charge is 0.282 e. The molecule has 2 bridgehead atoms. The van der Waals surface area contributed by atoms with E-state index in [0.29, 0.717) is 17.6 Å². The van der Waals surface area contributed by atoms with E-state index in [4.69, 9.17) is 9.47 Å². The van der Waals surface area contributed by atoms with Gasteiger partial charge in [0, 0.05) is 0 Å². The molecule has 1 saturated heterocycles. The first-order valence-electron chi connectivity index (χ1n) is 9.23. The van der Waals surface area contributed by atoms with Gasteiger partial charge in [-0.3, -0.25) is 19.7 Å². The monoisotopic (exact) mass is 381 g/mol. The summed E-state index contributed by atoms with van der Waals surface area (Å²) in [6.45, 7) is -0.0162. The predicted octanol–water partition coefficient (Wildman–Crippen LogP) is 1.71. The van der Waals surface area contributed by atoms with E-state index in [2.05, 4.69) is 17.3 Å². The Bertz CT molecular complexity index is 981. The molecule has 1 aromatic carbocycles. The minimum atomic E-state index is -0.561. The molecule has 2 aliphatic heterocycles. The first kappa shape index (κ1) is 15.8. The molecule has 0 spiro atoms. The number of hydrogen-bond donors (Lipinski definition) is 0. The fourth-order valence-electron chi connectivity index (χ4n) is 5.38. The van der Waals surface area contributed by atoms with Crippen molar-refractivity contribution in [3.8, 4) is 11.5 Å². The molecule has 2 saturated carbocycles. The number of rotatable bonds is 3. The van der Waals surface area contributed by atoms with Gasteiger partial charge in [-0.15, -0.1) is 0 Å². The standard InChI is InChI=1S/C19H15N3O6/c23-18-16-9-1-2-10(12-4-11(9)12)17(16)19(24)21(18)20-6-8-3-14-15(28-7-27-14)5-13(8)22(25)26/h1-3,5-6,9-12,16-17H,4,7H2/b20-6-/t9-,10-,11-,12+,16-,17-/m1/s1. The van der Waals surface area contributed by atoms with Gasteiger partial charge in [0.15, 0.2) is 11.5 Å². The van der Waals surface area contributed by atoms with Crippen LogP contribution in [0.5, 0.6) is 11.5 Å². The molecule has 9 heteroatoms. The predicted molar refractivity (Wildman–Crippen MR) is 93.4 cm³/mol. The Kier molecular flexibility index (Phi) is 2.92. The first-order valence-corrected chi connectivity index (χ1v) is 9.23. The Morgan fingerprint density at radius 2 is 1.68 bits per heavy atom. The summed E-state index contributed by atoms with van der Waals surface area (Å²) < 4.78 is 10.4. The van der Waals surface area contributed by atoms with Crippen LogP contribution >= 0.6 is 0 Å². The van der Waals surface area contributed by atoms with Crippen LogP contribution in [0.25, 0.3) is 0 Å². The molecule has 142 valence electrons. The Balaban J connectivity index is 1.34. The molecule has 0 N–H and O–H groups in total. The van der Waals surface area contributed by atoms with Gasteiger partial charge in [0.2, 0.25) is 6.79 Å². The number of hydrazone groups is 1. The van der Waals surface area contributed by atoms with Gasteiger partial charge in [0.1, 0.15) is 0 Å². The van der Waals surface area contributed by atoms with Crippen LogP contribution in [0.2, 0.25) is 0 Å². The lowest BCUT2D eigenvalue weighted by molar-refractivity contribution is -0.385. The third-order valence-electron chi connectivity index (χ3n) is 6.67. The van der Waals surface area contributed by atoms with Gasteiger partial charge in [-0.25, -0.2) is 0 Å². The van der Waals surface area contributed by atoms with E-state index in [1.807, 2.05) is 0 Å². The Morgan fingerprint density at radius 3 is 2.29 bits per heavy atom. The van der Waals surface area contributed by atoms with Crippen LogP contribution in [0.3, 0.4) is 0 Å². The van der Waals surface area contributed by atoms with Crippen LogP contribution < -0.4 is 9.47 Å². The molecule has 9 nitrogen and oxygen atoms in total. The van der Waals surface area contributed by atoms with Gasteiger partial charge in [-0.2, -0.15) is 10.1 Å². The third kappa shape index (κ3) is 1.93. The molecular formula is C19H15N3O6. The minimum absolute atomic E-state index is 0.0162. The second-order valence-corrected chi connectivity index (χ2v) is 7.91. The summed E-state index contributed by atoms with van der Waals surface area (Å²) in [7, 11) is 0. The maximum Gasteiger partial charge on any atom is 0.282 e. The molecule has 0 radical (unpaired) electrons. The summed E-state index contributed by atoms with van der Waals surface area (Å²) in [6.07, 6.45) is 6.44. The summed E-state index contributed by atoms with van der Waals surface area (Å²) in [5, 5.41) is 16.3. The van der Waals surface area contributed by atoms with Gasteiger partial charge in [-0.05, 0) is 36.2 Å². The summed E-state index contributed by atoms with van der Waals surface area (Å²) in [4.78, 5) is 36.6. The number of nitrogens with zero attached hydrogens (tertiary/aromatic N) is 3. The fourth-order valence-corrected chi connectivity index (χ4v) is 5.38. The highest BCUT2D eigenvalue weighted by Crippen LogP contribution is 2.65. The number of amides is 2. The summed E-state index contributed by atoms with van der Waals surface area (Å²) in [5.74, 6) is 0.558. The topological polar surface area (TPSA) is 111 Å². The molecule has 0 unspecified atom stereocenters. The van der Waals surface area contributed by atoms with Crippen molar-refractivity contribution in [3.63, 3.8) is 0 Å². The van der Waals surface area contributed by atoms with E-state index in [1.165, 1.54) is 18.3 Å². The van der Waals surface area contributed by atoms with Crippen LogP contribution in [0.15, 0.2) is 29.4 Å². The maximum absolute atomic E-state index is 12.9. The highest BCUT2D eigenvalue weighted by molar-refractivity contribution is 6.06. The molecule has 28 heavy (non-hydrogen) atoms. The number of carbonyl (C=O) groups excluding carboxylic acids is 2. The number of imide groups is 1. The number of ether oxygens (including phenoxy) is 2. The molecular weight excluding hydrogens is 366 g/mol. The third-order valence-corrected chi connectivity index (χ3v) is 6.67. The fraction of sp³-hybridized carbons (Fsp3) is 0.421. The SMILES string of the molecule is O=C1[C@@H]2[C@@H]3C=C[C@H]([C@@H]4C[C@H]34)[C@H]2C(=O)N1/N=C\c1cc2c(cc1[N+](=O)[O-])OCO2. The van der Waals surface area contributed by atoms with Crippen molar-refractivity contribution in [2.45, 2.75) is 6.42 Å². The highest BCUT2D eigenvalue weighted by atomic mass is 16.7.